The minimum Gasteiger partial charge on any atom is -0.463 e. The second-order valence-electron chi connectivity index (χ2n) is 4.63. The maximum Gasteiger partial charge on any atom is 0.201 e. The summed E-state index contributed by atoms with van der Waals surface area (Å²) in [5, 5.41) is 3.95. The molecule has 1 aromatic heterocycles. The van der Waals surface area contributed by atoms with Crippen molar-refractivity contribution in [2.24, 2.45) is 5.10 Å². The van der Waals surface area contributed by atoms with Gasteiger partial charge >= 0.3 is 0 Å². The SMILES string of the molecule is O=c1c(/C=N/Nc2c(F)cc(F)cc2F)coc2ccccc12. The third-order valence-electron chi connectivity index (χ3n) is 3.09. The van der Waals surface area contributed by atoms with Gasteiger partial charge in [0.05, 0.1) is 17.2 Å². The Morgan fingerprint density at radius 3 is 2.52 bits per heavy atom. The minimum atomic E-state index is -1.13. The van der Waals surface area contributed by atoms with Gasteiger partial charge in [0.2, 0.25) is 5.43 Å². The first kappa shape index (κ1) is 14.8. The molecule has 3 aromatic rings. The van der Waals surface area contributed by atoms with Crippen molar-refractivity contribution < 1.29 is 17.6 Å². The highest BCUT2D eigenvalue weighted by Crippen LogP contribution is 2.20. The number of benzene rings is 2. The molecule has 3 rings (SSSR count). The maximum absolute atomic E-state index is 13.4. The molecule has 23 heavy (non-hydrogen) atoms. The van der Waals surface area contributed by atoms with Crippen molar-refractivity contribution in [2.45, 2.75) is 0 Å². The van der Waals surface area contributed by atoms with Crippen LogP contribution in [0.3, 0.4) is 0 Å². The number of hydrogen-bond donors (Lipinski definition) is 1. The first-order chi connectivity index (χ1) is 11.1. The van der Waals surface area contributed by atoms with Crippen molar-refractivity contribution in [3.05, 3.63) is 75.9 Å². The highest BCUT2D eigenvalue weighted by atomic mass is 19.1. The standard InChI is InChI=1S/C16H9F3N2O2/c17-10-5-12(18)15(13(19)6-10)21-20-7-9-8-23-14-4-2-1-3-11(14)16(9)22/h1-8,21H/b20-7+. The number of rotatable bonds is 3. The van der Waals surface area contributed by atoms with E-state index in [9.17, 15) is 18.0 Å². The Morgan fingerprint density at radius 2 is 1.78 bits per heavy atom. The average molecular weight is 318 g/mol. The Kier molecular flexibility index (Phi) is 3.84. The zero-order valence-corrected chi connectivity index (χ0v) is 11.5. The Morgan fingerprint density at radius 1 is 1.09 bits per heavy atom. The molecule has 116 valence electrons. The summed E-state index contributed by atoms with van der Waals surface area (Å²) in [6, 6.07) is 7.67. The van der Waals surface area contributed by atoms with Gasteiger partial charge in [-0.15, -0.1) is 0 Å². The molecule has 0 bridgehead atoms. The lowest BCUT2D eigenvalue weighted by atomic mass is 10.2. The fourth-order valence-corrected chi connectivity index (χ4v) is 2.00. The molecule has 0 radical (unpaired) electrons. The van der Waals surface area contributed by atoms with Crippen LogP contribution in [-0.2, 0) is 0 Å². The van der Waals surface area contributed by atoms with E-state index in [0.717, 1.165) is 6.21 Å². The lowest BCUT2D eigenvalue weighted by Crippen LogP contribution is -2.08. The van der Waals surface area contributed by atoms with Gasteiger partial charge in [-0.1, -0.05) is 12.1 Å². The summed E-state index contributed by atoms with van der Waals surface area (Å²) in [6.07, 6.45) is 2.26. The van der Waals surface area contributed by atoms with Crippen molar-refractivity contribution in [1.29, 1.82) is 0 Å². The Hall–Kier alpha value is -3.09. The molecule has 0 atom stereocenters. The van der Waals surface area contributed by atoms with Crippen LogP contribution in [-0.4, -0.2) is 6.21 Å². The van der Waals surface area contributed by atoms with Crippen LogP contribution in [0.4, 0.5) is 18.9 Å². The summed E-state index contributed by atoms with van der Waals surface area (Å²) in [5.74, 6) is -3.31. The molecule has 0 saturated heterocycles. The van der Waals surface area contributed by atoms with Crippen LogP contribution in [0.1, 0.15) is 5.56 Å². The zero-order chi connectivity index (χ0) is 16.4. The van der Waals surface area contributed by atoms with E-state index in [4.69, 9.17) is 4.42 Å². The van der Waals surface area contributed by atoms with Crippen LogP contribution < -0.4 is 10.9 Å². The molecule has 7 heteroatoms. The molecular weight excluding hydrogens is 309 g/mol. The molecule has 2 aromatic carbocycles. The smallest absolute Gasteiger partial charge is 0.201 e. The van der Waals surface area contributed by atoms with E-state index in [2.05, 4.69) is 10.5 Å². The van der Waals surface area contributed by atoms with Gasteiger partial charge in [-0.05, 0) is 12.1 Å². The lowest BCUT2D eigenvalue weighted by Gasteiger charge is -2.03. The van der Waals surface area contributed by atoms with E-state index < -0.39 is 23.1 Å². The molecule has 0 aliphatic rings. The molecule has 0 saturated carbocycles. The highest BCUT2D eigenvalue weighted by Gasteiger charge is 2.10. The van der Waals surface area contributed by atoms with Gasteiger partial charge in [-0.2, -0.15) is 5.10 Å². The van der Waals surface area contributed by atoms with E-state index >= 15 is 0 Å². The number of halogens is 3. The number of fused-ring (bicyclic) bond motifs is 1. The third-order valence-corrected chi connectivity index (χ3v) is 3.09. The summed E-state index contributed by atoms with van der Waals surface area (Å²) < 4.78 is 44.9. The van der Waals surface area contributed by atoms with Gasteiger partial charge in [0.1, 0.15) is 23.4 Å². The predicted molar refractivity (Wildman–Crippen MR) is 80.0 cm³/mol. The Balaban J connectivity index is 1.90. The van der Waals surface area contributed by atoms with Crippen molar-refractivity contribution in [2.75, 3.05) is 5.43 Å². The second-order valence-corrected chi connectivity index (χ2v) is 4.63. The summed E-state index contributed by atoms with van der Waals surface area (Å²) >= 11 is 0. The van der Waals surface area contributed by atoms with Crippen LogP contribution in [0.25, 0.3) is 11.0 Å². The molecular formula is C16H9F3N2O2. The van der Waals surface area contributed by atoms with Crippen LogP contribution in [0.15, 0.2) is 57.0 Å². The van der Waals surface area contributed by atoms with Gasteiger partial charge < -0.3 is 4.42 Å². The Bertz CT molecular complexity index is 944. The van der Waals surface area contributed by atoms with Gasteiger partial charge in [0.15, 0.2) is 11.6 Å². The minimum absolute atomic E-state index is 0.0964. The van der Waals surface area contributed by atoms with Gasteiger partial charge in [-0.25, -0.2) is 13.2 Å². The largest absolute Gasteiger partial charge is 0.463 e. The molecule has 4 nitrogen and oxygen atoms in total. The number of nitrogens with one attached hydrogen (secondary N) is 1. The average Bonchev–Trinajstić information content (AvgIpc) is 2.52. The lowest BCUT2D eigenvalue weighted by molar-refractivity contribution is 0.547. The molecule has 0 aliphatic carbocycles. The van der Waals surface area contributed by atoms with E-state index in [1.807, 2.05) is 0 Å². The number of anilines is 1. The summed E-state index contributed by atoms with van der Waals surface area (Å²) in [5.41, 5.74) is 1.66. The van der Waals surface area contributed by atoms with Crippen molar-refractivity contribution in [3.63, 3.8) is 0 Å². The maximum atomic E-state index is 13.4. The van der Waals surface area contributed by atoms with Crippen LogP contribution in [0.5, 0.6) is 0 Å². The zero-order valence-electron chi connectivity index (χ0n) is 11.5. The quantitative estimate of drug-likeness (QED) is 0.592. The summed E-state index contributed by atoms with van der Waals surface area (Å²) in [6.45, 7) is 0. The third kappa shape index (κ3) is 2.94. The van der Waals surface area contributed by atoms with Crippen molar-refractivity contribution in [3.8, 4) is 0 Å². The van der Waals surface area contributed by atoms with Crippen molar-refractivity contribution >= 4 is 22.9 Å². The van der Waals surface area contributed by atoms with Crippen LogP contribution in [0, 0.1) is 17.5 Å². The van der Waals surface area contributed by atoms with Crippen molar-refractivity contribution in [1.82, 2.24) is 0 Å². The first-order valence-corrected chi connectivity index (χ1v) is 6.50. The topological polar surface area (TPSA) is 54.6 Å². The molecule has 0 fully saturated rings. The summed E-state index contributed by atoms with van der Waals surface area (Å²) in [7, 11) is 0. The van der Waals surface area contributed by atoms with E-state index in [1.165, 1.54) is 6.26 Å². The van der Waals surface area contributed by atoms with E-state index in [0.29, 0.717) is 23.1 Å². The van der Waals surface area contributed by atoms with Crippen LogP contribution >= 0.6 is 0 Å². The molecule has 1 heterocycles. The van der Waals surface area contributed by atoms with Gasteiger partial charge in [-0.3, -0.25) is 10.2 Å². The van der Waals surface area contributed by atoms with E-state index in [-0.39, 0.29) is 11.0 Å². The predicted octanol–water partition coefficient (Wildman–Crippen LogP) is 3.66. The normalized spacial score (nSPS) is 11.3. The monoisotopic (exact) mass is 318 g/mol. The number of para-hydroxylation sites is 1. The molecule has 0 aliphatic heterocycles. The Labute approximate surface area is 127 Å². The first-order valence-electron chi connectivity index (χ1n) is 6.50. The molecule has 0 amide bonds. The van der Waals surface area contributed by atoms with Gasteiger partial charge in [0, 0.05) is 12.1 Å². The fraction of sp³-hybridized carbons (Fsp3) is 0. The van der Waals surface area contributed by atoms with Gasteiger partial charge in [0.25, 0.3) is 0 Å². The molecule has 0 unspecified atom stereocenters. The highest BCUT2D eigenvalue weighted by molar-refractivity contribution is 5.86. The van der Waals surface area contributed by atoms with Crippen LogP contribution in [0.2, 0.25) is 0 Å². The molecule has 0 spiro atoms. The number of nitrogens with zero attached hydrogens (tertiary/aromatic N) is 1. The van der Waals surface area contributed by atoms with E-state index in [1.54, 1.807) is 24.3 Å². The number of hydrogen-bond acceptors (Lipinski definition) is 4. The fourth-order valence-electron chi connectivity index (χ4n) is 2.00. The number of hydrazone groups is 1. The summed E-state index contributed by atoms with van der Waals surface area (Å²) in [4.78, 5) is 12.2. The second kappa shape index (κ2) is 5.96. The molecule has 1 N–H and O–H groups in total.